The second-order valence-corrected chi connectivity index (χ2v) is 6.82. The van der Waals surface area contributed by atoms with Gasteiger partial charge in [0.1, 0.15) is 5.75 Å². The van der Waals surface area contributed by atoms with Crippen LogP contribution >= 0.6 is 0 Å². The Morgan fingerprint density at radius 3 is 2.37 bits per heavy atom. The van der Waals surface area contributed by atoms with Crippen molar-refractivity contribution in [2.24, 2.45) is 0 Å². The summed E-state index contributed by atoms with van der Waals surface area (Å²) in [4.78, 5) is 13.8. The Labute approximate surface area is 159 Å². The summed E-state index contributed by atoms with van der Waals surface area (Å²) in [6, 6.07) is 20.0. The van der Waals surface area contributed by atoms with Crippen LogP contribution in [0.3, 0.4) is 0 Å². The number of hydrogen-bond donors (Lipinski definition) is 0. The SMILES string of the molecule is CCCn1c(C)c(C(=O)c2c(OC)ccc3ccccc23)c2ccccc21. The Morgan fingerprint density at radius 2 is 1.63 bits per heavy atom. The molecule has 0 aliphatic carbocycles. The summed E-state index contributed by atoms with van der Waals surface area (Å²) < 4.78 is 7.82. The van der Waals surface area contributed by atoms with E-state index in [1.807, 2.05) is 61.5 Å². The van der Waals surface area contributed by atoms with Crippen molar-refractivity contribution in [3.05, 3.63) is 77.5 Å². The Morgan fingerprint density at radius 1 is 0.926 bits per heavy atom. The van der Waals surface area contributed by atoms with Gasteiger partial charge in [-0.3, -0.25) is 4.79 Å². The van der Waals surface area contributed by atoms with Crippen molar-refractivity contribution in [3.63, 3.8) is 0 Å². The number of ether oxygens (including phenoxy) is 1. The molecule has 0 spiro atoms. The molecular formula is C24H23NO2. The number of benzene rings is 3. The zero-order valence-corrected chi connectivity index (χ0v) is 16.0. The number of carbonyl (C=O) groups excluding carboxylic acids is 1. The summed E-state index contributed by atoms with van der Waals surface area (Å²) in [6.45, 7) is 5.09. The van der Waals surface area contributed by atoms with Crippen LogP contribution in [0.2, 0.25) is 0 Å². The van der Waals surface area contributed by atoms with Crippen molar-refractivity contribution in [2.75, 3.05) is 7.11 Å². The lowest BCUT2D eigenvalue weighted by Gasteiger charge is -2.12. The van der Waals surface area contributed by atoms with E-state index in [-0.39, 0.29) is 5.78 Å². The third-order valence-corrected chi connectivity index (χ3v) is 5.24. The Hall–Kier alpha value is -3.07. The fraction of sp³-hybridized carbons (Fsp3) is 0.208. The normalized spacial score (nSPS) is 11.2. The molecule has 0 amide bonds. The fourth-order valence-corrected chi connectivity index (χ4v) is 4.01. The number of hydrogen-bond acceptors (Lipinski definition) is 2. The van der Waals surface area contributed by atoms with Crippen molar-refractivity contribution in [2.45, 2.75) is 26.8 Å². The lowest BCUT2D eigenvalue weighted by molar-refractivity contribution is 0.103. The van der Waals surface area contributed by atoms with Gasteiger partial charge in [-0.25, -0.2) is 0 Å². The van der Waals surface area contributed by atoms with Crippen LogP contribution in [0.4, 0.5) is 0 Å². The standard InChI is InChI=1S/C24H23NO2/c1-4-15-25-16(2)22(19-11-7-8-12-20(19)25)24(26)23-18-10-6-5-9-17(18)13-14-21(23)27-3/h5-14H,4,15H2,1-3H3. The fourth-order valence-electron chi connectivity index (χ4n) is 4.01. The summed E-state index contributed by atoms with van der Waals surface area (Å²) in [5, 5.41) is 2.97. The molecule has 3 nitrogen and oxygen atoms in total. The van der Waals surface area contributed by atoms with Gasteiger partial charge < -0.3 is 9.30 Å². The quantitative estimate of drug-likeness (QED) is 0.426. The molecule has 0 saturated carbocycles. The van der Waals surface area contributed by atoms with Crippen LogP contribution in [0.5, 0.6) is 5.75 Å². The first kappa shape index (κ1) is 17.3. The molecular weight excluding hydrogens is 334 g/mol. The van der Waals surface area contributed by atoms with E-state index in [1.54, 1.807) is 7.11 Å². The molecule has 4 aromatic rings. The molecule has 0 atom stereocenters. The molecule has 0 aliphatic heterocycles. The van der Waals surface area contributed by atoms with Gasteiger partial charge in [0.05, 0.1) is 18.2 Å². The number of aryl methyl sites for hydroxylation is 1. The van der Waals surface area contributed by atoms with Gasteiger partial charge in [-0.1, -0.05) is 55.5 Å². The number of nitrogens with zero attached hydrogens (tertiary/aromatic N) is 1. The maximum absolute atomic E-state index is 13.8. The Bertz CT molecular complexity index is 1150. The van der Waals surface area contributed by atoms with E-state index in [0.717, 1.165) is 45.9 Å². The van der Waals surface area contributed by atoms with Gasteiger partial charge in [0, 0.05) is 23.1 Å². The van der Waals surface area contributed by atoms with Crippen LogP contribution in [-0.4, -0.2) is 17.5 Å². The molecule has 0 N–H and O–H groups in total. The predicted octanol–water partition coefficient (Wildman–Crippen LogP) is 5.75. The van der Waals surface area contributed by atoms with Crippen LogP contribution in [0.25, 0.3) is 21.7 Å². The van der Waals surface area contributed by atoms with Crippen molar-refractivity contribution in [3.8, 4) is 5.75 Å². The zero-order chi connectivity index (χ0) is 19.0. The monoisotopic (exact) mass is 357 g/mol. The van der Waals surface area contributed by atoms with E-state index in [1.165, 1.54) is 0 Å². The summed E-state index contributed by atoms with van der Waals surface area (Å²) in [7, 11) is 1.62. The minimum atomic E-state index is 0.0206. The predicted molar refractivity (Wildman–Crippen MR) is 111 cm³/mol. The second-order valence-electron chi connectivity index (χ2n) is 6.82. The van der Waals surface area contributed by atoms with Gasteiger partial charge in [-0.05, 0) is 36.2 Å². The number of carbonyl (C=O) groups is 1. The van der Waals surface area contributed by atoms with E-state index < -0.39 is 0 Å². The average molecular weight is 357 g/mol. The topological polar surface area (TPSA) is 31.2 Å². The van der Waals surface area contributed by atoms with Crippen LogP contribution in [0, 0.1) is 6.92 Å². The third-order valence-electron chi connectivity index (χ3n) is 5.24. The molecule has 0 bridgehead atoms. The van der Waals surface area contributed by atoms with E-state index in [0.29, 0.717) is 11.3 Å². The van der Waals surface area contributed by atoms with Crippen molar-refractivity contribution < 1.29 is 9.53 Å². The maximum Gasteiger partial charge on any atom is 0.199 e. The lowest BCUT2D eigenvalue weighted by Crippen LogP contribution is -2.08. The molecule has 3 aromatic carbocycles. The van der Waals surface area contributed by atoms with Gasteiger partial charge in [0.25, 0.3) is 0 Å². The summed E-state index contributed by atoms with van der Waals surface area (Å²) in [6.07, 6.45) is 1.02. The zero-order valence-electron chi connectivity index (χ0n) is 16.0. The van der Waals surface area contributed by atoms with Gasteiger partial charge in [-0.2, -0.15) is 0 Å². The summed E-state index contributed by atoms with van der Waals surface area (Å²) in [5.41, 5.74) is 3.53. The molecule has 1 aromatic heterocycles. The van der Waals surface area contributed by atoms with Crippen LogP contribution < -0.4 is 4.74 Å². The highest BCUT2D eigenvalue weighted by Crippen LogP contribution is 2.34. The first-order chi connectivity index (χ1) is 13.2. The number of ketones is 1. The van der Waals surface area contributed by atoms with Crippen molar-refractivity contribution >= 4 is 27.5 Å². The number of para-hydroxylation sites is 1. The average Bonchev–Trinajstić information content (AvgIpc) is 2.98. The van der Waals surface area contributed by atoms with E-state index in [2.05, 4.69) is 17.6 Å². The molecule has 0 unspecified atom stereocenters. The smallest absolute Gasteiger partial charge is 0.199 e. The van der Waals surface area contributed by atoms with Crippen molar-refractivity contribution in [1.29, 1.82) is 0 Å². The highest BCUT2D eigenvalue weighted by atomic mass is 16.5. The third kappa shape index (κ3) is 2.71. The maximum atomic E-state index is 13.8. The molecule has 27 heavy (non-hydrogen) atoms. The van der Waals surface area contributed by atoms with Gasteiger partial charge in [-0.15, -0.1) is 0 Å². The van der Waals surface area contributed by atoms with Crippen LogP contribution in [-0.2, 0) is 6.54 Å². The summed E-state index contributed by atoms with van der Waals surface area (Å²) in [5.74, 6) is 0.637. The molecule has 0 aliphatic rings. The molecule has 4 rings (SSSR count). The second kappa shape index (κ2) is 6.92. The van der Waals surface area contributed by atoms with E-state index in [4.69, 9.17) is 4.74 Å². The highest BCUT2D eigenvalue weighted by molar-refractivity contribution is 6.23. The molecule has 1 heterocycles. The van der Waals surface area contributed by atoms with E-state index in [9.17, 15) is 4.79 Å². The first-order valence-electron chi connectivity index (χ1n) is 9.35. The van der Waals surface area contributed by atoms with Crippen LogP contribution in [0.1, 0.15) is 35.0 Å². The number of rotatable bonds is 5. The van der Waals surface area contributed by atoms with Crippen molar-refractivity contribution in [1.82, 2.24) is 4.57 Å². The van der Waals surface area contributed by atoms with Gasteiger partial charge in [0.15, 0.2) is 5.78 Å². The first-order valence-corrected chi connectivity index (χ1v) is 9.35. The highest BCUT2D eigenvalue weighted by Gasteiger charge is 2.24. The molecule has 0 saturated heterocycles. The Kier molecular flexibility index (Phi) is 4.44. The summed E-state index contributed by atoms with van der Waals surface area (Å²) >= 11 is 0. The lowest BCUT2D eigenvalue weighted by atomic mass is 9.94. The number of aromatic nitrogens is 1. The molecule has 0 fully saturated rings. The van der Waals surface area contributed by atoms with Gasteiger partial charge in [0.2, 0.25) is 0 Å². The van der Waals surface area contributed by atoms with Gasteiger partial charge >= 0.3 is 0 Å². The number of fused-ring (bicyclic) bond motifs is 2. The molecule has 0 radical (unpaired) electrons. The minimum Gasteiger partial charge on any atom is -0.496 e. The molecule has 136 valence electrons. The Balaban J connectivity index is 2.03. The number of methoxy groups -OCH3 is 1. The van der Waals surface area contributed by atoms with Crippen LogP contribution in [0.15, 0.2) is 60.7 Å². The molecule has 3 heteroatoms. The van der Waals surface area contributed by atoms with E-state index >= 15 is 0 Å². The largest absolute Gasteiger partial charge is 0.496 e. The minimum absolute atomic E-state index is 0.0206.